The Morgan fingerprint density at radius 1 is 1.22 bits per heavy atom. The van der Waals surface area contributed by atoms with Crippen molar-refractivity contribution in [2.75, 3.05) is 40.0 Å². The van der Waals surface area contributed by atoms with Crippen LogP contribution in [0.4, 0.5) is 4.39 Å². The van der Waals surface area contributed by atoms with Gasteiger partial charge >= 0.3 is 0 Å². The van der Waals surface area contributed by atoms with Crippen molar-refractivity contribution in [3.8, 4) is 5.75 Å². The first-order chi connectivity index (χ1) is 13.2. The zero-order valence-corrected chi connectivity index (χ0v) is 15.2. The number of carbonyl (C=O) groups is 1. The van der Waals surface area contributed by atoms with E-state index >= 15 is 0 Å². The van der Waals surface area contributed by atoms with Gasteiger partial charge in [0.1, 0.15) is 5.82 Å². The fourth-order valence-electron chi connectivity index (χ4n) is 3.49. The van der Waals surface area contributed by atoms with Crippen molar-refractivity contribution in [2.24, 2.45) is 0 Å². The van der Waals surface area contributed by atoms with Crippen LogP contribution in [0.3, 0.4) is 0 Å². The van der Waals surface area contributed by atoms with Gasteiger partial charge in [-0.1, -0.05) is 12.1 Å². The third-order valence-electron chi connectivity index (χ3n) is 4.98. The van der Waals surface area contributed by atoms with Crippen LogP contribution in [-0.4, -0.2) is 70.4 Å². The summed E-state index contributed by atoms with van der Waals surface area (Å²) in [5.41, 5.74) is 0.576. The van der Waals surface area contributed by atoms with Crippen LogP contribution in [0.1, 0.15) is 22.0 Å². The highest BCUT2D eigenvalue weighted by molar-refractivity contribution is 5.90. The molecule has 9 heteroatoms. The molecular formula is C18H22FN5O3. The van der Waals surface area contributed by atoms with Gasteiger partial charge in [0.15, 0.2) is 11.6 Å². The molecule has 0 bridgehead atoms. The third kappa shape index (κ3) is 3.52. The van der Waals surface area contributed by atoms with E-state index < -0.39 is 0 Å². The molecule has 2 aromatic rings. The molecule has 0 radical (unpaired) electrons. The number of ether oxygens (including phenoxy) is 2. The van der Waals surface area contributed by atoms with Crippen molar-refractivity contribution in [2.45, 2.75) is 19.6 Å². The van der Waals surface area contributed by atoms with E-state index in [0.29, 0.717) is 63.9 Å². The maximum atomic E-state index is 14.4. The van der Waals surface area contributed by atoms with Gasteiger partial charge in [-0.05, 0) is 6.07 Å². The number of hydrogen-bond acceptors (Lipinski definition) is 6. The van der Waals surface area contributed by atoms with Gasteiger partial charge in [0.2, 0.25) is 5.82 Å². The number of fused-ring (bicyclic) bond motifs is 1. The van der Waals surface area contributed by atoms with Crippen LogP contribution < -0.4 is 4.74 Å². The number of carbonyl (C=O) groups excluding carboxylic acids is 1. The Morgan fingerprint density at radius 3 is 2.81 bits per heavy atom. The number of hydrogen-bond donors (Lipinski definition) is 0. The molecule has 8 nitrogen and oxygen atoms in total. The van der Waals surface area contributed by atoms with Gasteiger partial charge < -0.3 is 18.9 Å². The van der Waals surface area contributed by atoms with Crippen molar-refractivity contribution in [1.82, 2.24) is 24.6 Å². The van der Waals surface area contributed by atoms with E-state index in [-0.39, 0.29) is 17.5 Å². The quantitative estimate of drug-likeness (QED) is 0.791. The standard InChI is InChI=1S/C18H22FN5O3/c1-26-14-4-2-3-13(16(14)19)11-22-5-6-24-15(12-22)20-21-17(24)18(25)23-7-9-27-10-8-23/h2-4H,5-12H2,1H3. The SMILES string of the molecule is COc1cccc(CN2CCn3c(nnc3C(=O)N3CCOCC3)C2)c1F. The lowest BCUT2D eigenvalue weighted by atomic mass is 10.1. The van der Waals surface area contributed by atoms with E-state index in [1.807, 2.05) is 4.57 Å². The van der Waals surface area contributed by atoms with Crippen LogP contribution in [-0.2, 0) is 24.4 Å². The maximum Gasteiger partial charge on any atom is 0.291 e. The summed E-state index contributed by atoms with van der Waals surface area (Å²) >= 11 is 0. The Morgan fingerprint density at radius 2 is 2.04 bits per heavy atom. The van der Waals surface area contributed by atoms with Crippen LogP contribution in [0.25, 0.3) is 0 Å². The summed E-state index contributed by atoms with van der Waals surface area (Å²) in [6.45, 7) is 4.48. The zero-order chi connectivity index (χ0) is 18.8. The van der Waals surface area contributed by atoms with Gasteiger partial charge in [0.25, 0.3) is 5.91 Å². The molecule has 2 aliphatic rings. The number of aromatic nitrogens is 3. The molecule has 2 aliphatic heterocycles. The summed E-state index contributed by atoms with van der Waals surface area (Å²) < 4.78 is 26.6. The van der Waals surface area contributed by atoms with Crippen LogP contribution in [0, 0.1) is 5.82 Å². The zero-order valence-electron chi connectivity index (χ0n) is 15.2. The minimum absolute atomic E-state index is 0.107. The first-order valence-electron chi connectivity index (χ1n) is 9.00. The molecule has 0 unspecified atom stereocenters. The maximum absolute atomic E-state index is 14.4. The number of amides is 1. The molecule has 144 valence electrons. The summed E-state index contributed by atoms with van der Waals surface area (Å²) in [5.74, 6) is 0.894. The molecule has 27 heavy (non-hydrogen) atoms. The van der Waals surface area contributed by atoms with Crippen molar-refractivity contribution >= 4 is 5.91 Å². The van der Waals surface area contributed by atoms with E-state index in [0.717, 1.165) is 5.82 Å². The summed E-state index contributed by atoms with van der Waals surface area (Å²) in [4.78, 5) is 16.5. The molecule has 1 aromatic heterocycles. The Kier molecular flexibility index (Phi) is 5.04. The minimum atomic E-state index is -0.338. The second-order valence-corrected chi connectivity index (χ2v) is 6.64. The summed E-state index contributed by atoms with van der Waals surface area (Å²) in [6.07, 6.45) is 0. The smallest absolute Gasteiger partial charge is 0.291 e. The Balaban J connectivity index is 1.47. The highest BCUT2D eigenvalue weighted by Crippen LogP contribution is 2.23. The number of methoxy groups -OCH3 is 1. The van der Waals surface area contributed by atoms with Crippen LogP contribution in [0.5, 0.6) is 5.75 Å². The molecule has 0 aliphatic carbocycles. The van der Waals surface area contributed by atoms with Gasteiger partial charge in [-0.2, -0.15) is 0 Å². The monoisotopic (exact) mass is 375 g/mol. The number of halogens is 1. The van der Waals surface area contributed by atoms with Crippen LogP contribution >= 0.6 is 0 Å². The molecule has 1 aromatic carbocycles. The largest absolute Gasteiger partial charge is 0.494 e. The first kappa shape index (κ1) is 17.9. The number of rotatable bonds is 4. The number of benzene rings is 1. The average Bonchev–Trinajstić information content (AvgIpc) is 3.13. The highest BCUT2D eigenvalue weighted by atomic mass is 19.1. The second-order valence-electron chi connectivity index (χ2n) is 6.64. The molecule has 3 heterocycles. The predicted octanol–water partition coefficient (Wildman–Crippen LogP) is 0.914. The van der Waals surface area contributed by atoms with E-state index in [9.17, 15) is 9.18 Å². The van der Waals surface area contributed by atoms with Gasteiger partial charge in [-0.15, -0.1) is 10.2 Å². The summed E-state index contributed by atoms with van der Waals surface area (Å²) in [6, 6.07) is 5.14. The number of morpholine rings is 1. The van der Waals surface area contributed by atoms with Crippen molar-refractivity contribution in [3.05, 3.63) is 41.2 Å². The van der Waals surface area contributed by atoms with Crippen LogP contribution in [0.2, 0.25) is 0 Å². The molecule has 0 atom stereocenters. The fraction of sp³-hybridized carbons (Fsp3) is 0.500. The highest BCUT2D eigenvalue weighted by Gasteiger charge is 2.28. The molecule has 1 saturated heterocycles. The second kappa shape index (κ2) is 7.61. The van der Waals surface area contributed by atoms with Gasteiger partial charge in [0.05, 0.1) is 26.9 Å². The lowest BCUT2D eigenvalue weighted by molar-refractivity contribution is 0.0289. The lowest BCUT2D eigenvalue weighted by Gasteiger charge is -2.29. The topological polar surface area (TPSA) is 72.7 Å². The normalized spacial score (nSPS) is 17.6. The molecule has 0 N–H and O–H groups in total. The Hall–Kier alpha value is -2.52. The molecule has 0 spiro atoms. The lowest BCUT2D eigenvalue weighted by Crippen LogP contribution is -2.42. The Labute approximate surface area is 156 Å². The van der Waals surface area contributed by atoms with Crippen molar-refractivity contribution in [1.29, 1.82) is 0 Å². The predicted molar refractivity (Wildman–Crippen MR) is 93.8 cm³/mol. The molecule has 1 amide bonds. The third-order valence-corrected chi connectivity index (χ3v) is 4.98. The van der Waals surface area contributed by atoms with E-state index in [4.69, 9.17) is 9.47 Å². The average molecular weight is 375 g/mol. The van der Waals surface area contributed by atoms with Gasteiger partial charge in [-0.3, -0.25) is 9.69 Å². The first-order valence-corrected chi connectivity index (χ1v) is 9.00. The summed E-state index contributed by atoms with van der Waals surface area (Å²) in [5, 5.41) is 8.31. The molecular weight excluding hydrogens is 353 g/mol. The summed E-state index contributed by atoms with van der Waals surface area (Å²) in [7, 11) is 1.46. The fourth-order valence-corrected chi connectivity index (χ4v) is 3.49. The molecule has 1 fully saturated rings. The van der Waals surface area contributed by atoms with Crippen molar-refractivity contribution < 1.29 is 18.7 Å². The minimum Gasteiger partial charge on any atom is -0.494 e. The Bertz CT molecular complexity index is 834. The molecule has 0 saturated carbocycles. The van der Waals surface area contributed by atoms with Crippen LogP contribution in [0.15, 0.2) is 18.2 Å². The number of nitrogens with zero attached hydrogens (tertiary/aromatic N) is 5. The van der Waals surface area contributed by atoms with E-state index in [2.05, 4.69) is 15.1 Å². The van der Waals surface area contributed by atoms with Crippen molar-refractivity contribution in [3.63, 3.8) is 0 Å². The van der Waals surface area contributed by atoms with Gasteiger partial charge in [0, 0.05) is 38.3 Å². The van der Waals surface area contributed by atoms with Gasteiger partial charge in [-0.25, -0.2) is 4.39 Å². The molecule has 4 rings (SSSR count). The van der Waals surface area contributed by atoms with E-state index in [1.165, 1.54) is 7.11 Å². The van der Waals surface area contributed by atoms with E-state index in [1.54, 1.807) is 23.1 Å².